The lowest BCUT2D eigenvalue weighted by Gasteiger charge is -2.25. The van der Waals surface area contributed by atoms with Crippen molar-refractivity contribution in [1.82, 2.24) is 16.0 Å². The number of phenolic OH excluding ortho intramolecular Hbond substituents is 1. The van der Waals surface area contributed by atoms with Gasteiger partial charge in [-0.15, -0.1) is 0 Å². The van der Waals surface area contributed by atoms with Crippen molar-refractivity contribution in [3.05, 3.63) is 29.8 Å². The van der Waals surface area contributed by atoms with E-state index in [-0.39, 0.29) is 36.7 Å². The van der Waals surface area contributed by atoms with Crippen molar-refractivity contribution in [3.63, 3.8) is 0 Å². The summed E-state index contributed by atoms with van der Waals surface area (Å²) in [4.78, 5) is 60.7. The average Bonchev–Trinajstić information content (AvgIpc) is 2.79. The second-order valence-electron chi connectivity index (χ2n) is 8.35. The zero-order chi connectivity index (χ0) is 26.7. The van der Waals surface area contributed by atoms with Gasteiger partial charge >= 0.3 is 5.97 Å². The molecule has 0 heterocycles. The number of aliphatic carboxylic acids is 1. The van der Waals surface area contributed by atoms with Crippen LogP contribution < -0.4 is 27.4 Å². The molecule has 1 rings (SSSR count). The predicted octanol–water partition coefficient (Wildman–Crippen LogP) is -1.35. The highest BCUT2D eigenvalue weighted by atomic mass is 32.1. The Hall–Kier alpha value is -3.32. The Morgan fingerprint density at radius 1 is 0.914 bits per heavy atom. The largest absolute Gasteiger partial charge is 0.508 e. The lowest BCUT2D eigenvalue weighted by Crippen LogP contribution is -2.58. The van der Waals surface area contributed by atoms with E-state index in [1.54, 1.807) is 13.8 Å². The number of carbonyl (C=O) groups is 5. The van der Waals surface area contributed by atoms with E-state index in [2.05, 4.69) is 28.6 Å². The second-order valence-corrected chi connectivity index (χ2v) is 8.71. The minimum Gasteiger partial charge on any atom is -0.508 e. The Balaban J connectivity index is 3.07. The summed E-state index contributed by atoms with van der Waals surface area (Å²) in [6.07, 6.45) is -0.562. The van der Waals surface area contributed by atoms with Crippen molar-refractivity contribution in [3.8, 4) is 5.75 Å². The Morgan fingerprint density at radius 2 is 1.43 bits per heavy atom. The van der Waals surface area contributed by atoms with E-state index in [0.717, 1.165) is 0 Å². The summed E-state index contributed by atoms with van der Waals surface area (Å²) >= 11 is 4.10. The maximum Gasteiger partial charge on any atom is 0.326 e. The van der Waals surface area contributed by atoms with E-state index in [1.165, 1.54) is 24.3 Å². The monoisotopic (exact) mass is 511 g/mol. The molecule has 0 spiro atoms. The number of primary amides is 1. The number of carboxylic acids is 1. The van der Waals surface area contributed by atoms with Crippen LogP contribution in [0.15, 0.2) is 24.3 Å². The number of thiol groups is 1. The SMILES string of the molecule is CC(C)C(N)C(=O)NC(CS)C(=O)NC(Cc1ccc(O)cc1)C(=O)NC(CCC(N)=O)C(=O)O. The third-order valence-corrected chi connectivity index (χ3v) is 5.50. The van der Waals surface area contributed by atoms with Gasteiger partial charge in [0, 0.05) is 18.6 Å². The highest BCUT2D eigenvalue weighted by molar-refractivity contribution is 7.80. The van der Waals surface area contributed by atoms with Crippen LogP contribution in [0.4, 0.5) is 0 Å². The van der Waals surface area contributed by atoms with E-state index >= 15 is 0 Å². The number of nitrogens with two attached hydrogens (primary N) is 2. The summed E-state index contributed by atoms with van der Waals surface area (Å²) in [6.45, 7) is 3.49. The summed E-state index contributed by atoms with van der Waals surface area (Å²) in [5.74, 6) is -4.50. The molecule has 1 aromatic carbocycles. The number of hydrogen-bond donors (Lipinski definition) is 8. The Morgan fingerprint density at radius 3 is 1.91 bits per heavy atom. The molecule has 194 valence electrons. The molecule has 9 N–H and O–H groups in total. The molecule has 0 saturated carbocycles. The van der Waals surface area contributed by atoms with Crippen LogP contribution in [0.2, 0.25) is 0 Å². The zero-order valence-corrected chi connectivity index (χ0v) is 20.5. The smallest absolute Gasteiger partial charge is 0.326 e. The first kappa shape index (κ1) is 29.7. The van der Waals surface area contributed by atoms with E-state index < -0.39 is 53.8 Å². The number of carboxylic acid groups (broad SMARTS) is 1. The van der Waals surface area contributed by atoms with Crippen LogP contribution in [0.5, 0.6) is 5.75 Å². The maximum atomic E-state index is 13.0. The first-order valence-corrected chi connectivity index (χ1v) is 11.6. The molecule has 0 aromatic heterocycles. The molecule has 0 saturated heterocycles. The van der Waals surface area contributed by atoms with Gasteiger partial charge < -0.3 is 37.6 Å². The molecule has 12 nitrogen and oxygen atoms in total. The normalized spacial score (nSPS) is 14.3. The number of hydrogen-bond acceptors (Lipinski definition) is 8. The lowest BCUT2D eigenvalue weighted by molar-refractivity contribution is -0.142. The average molecular weight is 512 g/mol. The van der Waals surface area contributed by atoms with Gasteiger partial charge in [-0.3, -0.25) is 19.2 Å². The molecule has 35 heavy (non-hydrogen) atoms. The van der Waals surface area contributed by atoms with Crippen LogP contribution in [0, 0.1) is 5.92 Å². The molecule has 0 aliphatic heterocycles. The standard InChI is InChI=1S/C22H33N5O7S/c1-11(2)18(24)21(32)27-16(10-35)20(31)26-15(9-12-3-5-13(28)6-4-12)19(30)25-14(22(33)34)7-8-17(23)29/h3-6,11,14-16,18,28,35H,7-10,24H2,1-2H3,(H2,23,29)(H,25,30)(H,26,31)(H,27,32)(H,33,34). The summed E-state index contributed by atoms with van der Waals surface area (Å²) in [5, 5.41) is 26.2. The molecule has 13 heteroatoms. The molecule has 1 aromatic rings. The topological polar surface area (TPSA) is 214 Å². The van der Waals surface area contributed by atoms with Gasteiger partial charge in [0.1, 0.15) is 23.9 Å². The first-order valence-electron chi connectivity index (χ1n) is 10.9. The second kappa shape index (κ2) is 14.2. The molecular weight excluding hydrogens is 478 g/mol. The molecule has 0 aliphatic carbocycles. The van der Waals surface area contributed by atoms with Crippen molar-refractivity contribution in [2.45, 2.75) is 57.3 Å². The molecule has 0 radical (unpaired) electrons. The van der Waals surface area contributed by atoms with E-state index in [4.69, 9.17) is 11.5 Å². The summed E-state index contributed by atoms with van der Waals surface area (Å²) in [5.41, 5.74) is 11.4. The third-order valence-electron chi connectivity index (χ3n) is 5.14. The Kier molecular flexibility index (Phi) is 12.0. The number of nitrogens with one attached hydrogen (secondary N) is 3. The minimum absolute atomic E-state index is 0.00415. The van der Waals surface area contributed by atoms with Crippen LogP contribution in [0.3, 0.4) is 0 Å². The zero-order valence-electron chi connectivity index (χ0n) is 19.6. The van der Waals surface area contributed by atoms with E-state index in [0.29, 0.717) is 5.56 Å². The van der Waals surface area contributed by atoms with Crippen molar-refractivity contribution >= 4 is 42.2 Å². The van der Waals surface area contributed by atoms with Gasteiger partial charge in [0.15, 0.2) is 0 Å². The van der Waals surface area contributed by atoms with E-state index in [1.807, 2.05) is 0 Å². The number of rotatable bonds is 14. The first-order chi connectivity index (χ1) is 16.3. The lowest BCUT2D eigenvalue weighted by atomic mass is 10.0. The number of phenols is 1. The molecule has 0 aliphatic rings. The highest BCUT2D eigenvalue weighted by Gasteiger charge is 2.30. The van der Waals surface area contributed by atoms with Gasteiger partial charge in [-0.05, 0) is 30.0 Å². The Bertz CT molecular complexity index is 910. The maximum absolute atomic E-state index is 13.0. The summed E-state index contributed by atoms with van der Waals surface area (Å²) in [7, 11) is 0. The van der Waals surface area contributed by atoms with E-state index in [9.17, 15) is 34.2 Å². The fourth-order valence-corrected chi connectivity index (χ4v) is 3.19. The van der Waals surface area contributed by atoms with Crippen molar-refractivity contribution in [1.29, 1.82) is 0 Å². The molecule has 4 amide bonds. The van der Waals surface area contributed by atoms with Gasteiger partial charge in [0.2, 0.25) is 23.6 Å². The quantitative estimate of drug-likeness (QED) is 0.139. The number of aromatic hydroxyl groups is 1. The van der Waals surface area contributed by atoms with Crippen molar-refractivity contribution in [2.75, 3.05) is 5.75 Å². The predicted molar refractivity (Wildman–Crippen MR) is 130 cm³/mol. The fraction of sp³-hybridized carbons (Fsp3) is 0.500. The van der Waals surface area contributed by atoms with Gasteiger partial charge in [-0.1, -0.05) is 26.0 Å². The van der Waals surface area contributed by atoms with Gasteiger partial charge in [0.05, 0.1) is 6.04 Å². The summed E-state index contributed by atoms with van der Waals surface area (Å²) < 4.78 is 0. The van der Waals surface area contributed by atoms with Crippen LogP contribution in [0.1, 0.15) is 32.3 Å². The Labute approximate surface area is 208 Å². The van der Waals surface area contributed by atoms with Gasteiger partial charge in [0.25, 0.3) is 0 Å². The molecule has 4 unspecified atom stereocenters. The number of amides is 4. The third kappa shape index (κ3) is 10.2. The molecular formula is C22H33N5O7S. The number of benzene rings is 1. The van der Waals surface area contributed by atoms with Gasteiger partial charge in [-0.2, -0.15) is 12.6 Å². The van der Waals surface area contributed by atoms with Gasteiger partial charge in [-0.25, -0.2) is 4.79 Å². The van der Waals surface area contributed by atoms with Crippen molar-refractivity contribution < 1.29 is 34.2 Å². The fourth-order valence-electron chi connectivity index (χ4n) is 2.93. The van der Waals surface area contributed by atoms with Crippen molar-refractivity contribution in [2.24, 2.45) is 17.4 Å². The van der Waals surface area contributed by atoms with Crippen LogP contribution in [-0.4, -0.2) is 69.7 Å². The number of carbonyl (C=O) groups excluding carboxylic acids is 4. The summed E-state index contributed by atoms with van der Waals surface area (Å²) in [6, 6.07) is 1.20. The minimum atomic E-state index is -1.42. The highest BCUT2D eigenvalue weighted by Crippen LogP contribution is 2.12. The van der Waals surface area contributed by atoms with Crippen LogP contribution in [-0.2, 0) is 30.4 Å². The van der Waals surface area contributed by atoms with Crippen LogP contribution in [0.25, 0.3) is 0 Å². The molecule has 4 atom stereocenters. The molecule has 0 fully saturated rings. The molecule has 0 bridgehead atoms. The van der Waals surface area contributed by atoms with Crippen LogP contribution >= 0.6 is 12.6 Å².